The highest BCUT2D eigenvalue weighted by Gasteiger charge is 2.16. The van der Waals surface area contributed by atoms with E-state index < -0.39 is 0 Å². The van der Waals surface area contributed by atoms with Gasteiger partial charge in [-0.05, 0) is 43.7 Å². The van der Waals surface area contributed by atoms with Crippen LogP contribution in [0.2, 0.25) is 5.02 Å². The van der Waals surface area contributed by atoms with Crippen molar-refractivity contribution in [2.24, 2.45) is 0 Å². The molecule has 100 valence electrons. The van der Waals surface area contributed by atoms with Gasteiger partial charge in [0.1, 0.15) is 0 Å². The zero-order chi connectivity index (χ0) is 12.8. The second-order valence-corrected chi connectivity index (χ2v) is 5.17. The number of nitrogens with zero attached hydrogens (tertiary/aromatic N) is 2. The monoisotopic (exact) mass is 268 g/mol. The van der Waals surface area contributed by atoms with Crippen LogP contribution in [0.15, 0.2) is 24.3 Å². The number of aliphatic hydroxyl groups is 1. The van der Waals surface area contributed by atoms with Crippen LogP contribution in [0, 0.1) is 0 Å². The van der Waals surface area contributed by atoms with Crippen molar-refractivity contribution in [1.29, 1.82) is 0 Å². The molecule has 0 unspecified atom stereocenters. The molecule has 1 heterocycles. The quantitative estimate of drug-likeness (QED) is 0.830. The highest BCUT2D eigenvalue weighted by atomic mass is 35.5. The maximum Gasteiger partial charge on any atom is 0.0431 e. The van der Waals surface area contributed by atoms with Gasteiger partial charge in [0, 0.05) is 43.5 Å². The Hall–Kier alpha value is -0.770. The smallest absolute Gasteiger partial charge is 0.0431 e. The topological polar surface area (TPSA) is 26.7 Å². The highest BCUT2D eigenvalue weighted by Crippen LogP contribution is 2.19. The third-order valence-electron chi connectivity index (χ3n) is 3.45. The molecule has 0 radical (unpaired) electrons. The van der Waals surface area contributed by atoms with Crippen LogP contribution in [0.1, 0.15) is 12.8 Å². The molecule has 0 amide bonds. The number of piperazine rings is 1. The van der Waals surface area contributed by atoms with Gasteiger partial charge in [-0.3, -0.25) is 4.90 Å². The van der Waals surface area contributed by atoms with Gasteiger partial charge in [0.05, 0.1) is 0 Å². The number of aliphatic hydroxyl groups excluding tert-OH is 1. The molecule has 4 heteroatoms. The van der Waals surface area contributed by atoms with Crippen molar-refractivity contribution >= 4 is 17.3 Å². The van der Waals surface area contributed by atoms with Crippen molar-refractivity contribution < 1.29 is 5.11 Å². The first-order valence-electron chi connectivity index (χ1n) is 6.63. The fraction of sp³-hybridized carbons (Fsp3) is 0.571. The predicted octanol–water partition coefficient (Wildman–Crippen LogP) is 2.23. The molecule has 1 fully saturated rings. The standard InChI is InChI=1S/C14H21ClN2O/c15-13-3-5-14(6-4-13)17-10-8-16(9-11-17)7-1-2-12-18/h3-6,18H,1-2,7-12H2. The SMILES string of the molecule is OCCCCN1CCN(c2ccc(Cl)cc2)CC1. The maximum absolute atomic E-state index is 8.77. The zero-order valence-electron chi connectivity index (χ0n) is 10.7. The Balaban J connectivity index is 1.77. The molecular weight excluding hydrogens is 248 g/mol. The minimum absolute atomic E-state index is 0.310. The maximum atomic E-state index is 8.77. The predicted molar refractivity (Wildman–Crippen MR) is 76.4 cm³/mol. The summed E-state index contributed by atoms with van der Waals surface area (Å²) in [6.45, 7) is 5.77. The van der Waals surface area contributed by atoms with Crippen LogP contribution < -0.4 is 4.90 Å². The lowest BCUT2D eigenvalue weighted by Crippen LogP contribution is -2.46. The average Bonchev–Trinajstić information content (AvgIpc) is 2.41. The van der Waals surface area contributed by atoms with E-state index in [2.05, 4.69) is 21.9 Å². The first kappa shape index (κ1) is 13.7. The summed E-state index contributed by atoms with van der Waals surface area (Å²) < 4.78 is 0. The van der Waals surface area contributed by atoms with Crippen molar-refractivity contribution in [2.45, 2.75) is 12.8 Å². The first-order chi connectivity index (χ1) is 8.79. The van der Waals surface area contributed by atoms with Gasteiger partial charge in [0.2, 0.25) is 0 Å². The van der Waals surface area contributed by atoms with Crippen LogP contribution in [0.4, 0.5) is 5.69 Å². The Kier molecular flexibility index (Phi) is 5.29. The van der Waals surface area contributed by atoms with Crippen LogP contribution in [0.3, 0.4) is 0 Å². The van der Waals surface area contributed by atoms with E-state index in [4.69, 9.17) is 16.7 Å². The summed E-state index contributed by atoms with van der Waals surface area (Å²) in [4.78, 5) is 4.88. The Morgan fingerprint density at radius 1 is 1.00 bits per heavy atom. The number of hydrogen-bond acceptors (Lipinski definition) is 3. The van der Waals surface area contributed by atoms with Gasteiger partial charge >= 0.3 is 0 Å². The molecule has 0 aromatic heterocycles. The third kappa shape index (κ3) is 3.87. The second-order valence-electron chi connectivity index (χ2n) is 4.74. The molecule has 1 aliphatic rings. The van der Waals surface area contributed by atoms with E-state index >= 15 is 0 Å². The van der Waals surface area contributed by atoms with Crippen LogP contribution in [-0.4, -0.2) is 49.3 Å². The van der Waals surface area contributed by atoms with Crippen molar-refractivity contribution in [2.75, 3.05) is 44.2 Å². The number of anilines is 1. The minimum Gasteiger partial charge on any atom is -0.396 e. The summed E-state index contributed by atoms with van der Waals surface area (Å²) in [5.41, 5.74) is 1.26. The van der Waals surface area contributed by atoms with Gasteiger partial charge in [-0.15, -0.1) is 0 Å². The molecule has 0 atom stereocenters. The Morgan fingerprint density at radius 2 is 1.67 bits per heavy atom. The van der Waals surface area contributed by atoms with E-state index in [1.165, 1.54) is 5.69 Å². The molecule has 1 saturated heterocycles. The van der Waals surface area contributed by atoms with E-state index in [0.29, 0.717) is 6.61 Å². The van der Waals surface area contributed by atoms with Gasteiger partial charge in [0.15, 0.2) is 0 Å². The van der Waals surface area contributed by atoms with Crippen molar-refractivity contribution in [3.05, 3.63) is 29.3 Å². The Morgan fingerprint density at radius 3 is 2.28 bits per heavy atom. The van der Waals surface area contributed by atoms with E-state index in [1.54, 1.807) is 0 Å². The molecule has 1 aromatic rings. The van der Waals surface area contributed by atoms with Crippen LogP contribution in [-0.2, 0) is 0 Å². The van der Waals surface area contributed by atoms with Crippen LogP contribution >= 0.6 is 11.6 Å². The lowest BCUT2D eigenvalue weighted by atomic mass is 10.2. The molecular formula is C14H21ClN2O. The van der Waals surface area contributed by atoms with Crippen molar-refractivity contribution in [3.63, 3.8) is 0 Å². The second kappa shape index (κ2) is 6.98. The summed E-state index contributed by atoms with van der Waals surface area (Å²) in [6.07, 6.45) is 2.01. The molecule has 0 aliphatic carbocycles. The Bertz CT molecular complexity index is 347. The molecule has 0 spiro atoms. The number of hydrogen-bond donors (Lipinski definition) is 1. The summed E-state index contributed by atoms with van der Waals surface area (Å²) in [5.74, 6) is 0. The summed E-state index contributed by atoms with van der Waals surface area (Å²) in [6, 6.07) is 8.07. The lowest BCUT2D eigenvalue weighted by Gasteiger charge is -2.36. The Labute approximate surface area is 114 Å². The molecule has 2 rings (SSSR count). The van der Waals surface area contributed by atoms with Crippen LogP contribution in [0.5, 0.6) is 0 Å². The molecule has 18 heavy (non-hydrogen) atoms. The number of unbranched alkanes of at least 4 members (excludes halogenated alkanes) is 1. The normalized spacial score (nSPS) is 17.1. The number of benzene rings is 1. The van der Waals surface area contributed by atoms with Gasteiger partial charge in [-0.1, -0.05) is 11.6 Å². The fourth-order valence-electron chi connectivity index (χ4n) is 2.33. The van der Waals surface area contributed by atoms with Crippen LogP contribution in [0.25, 0.3) is 0 Å². The summed E-state index contributed by atoms with van der Waals surface area (Å²) in [7, 11) is 0. The summed E-state index contributed by atoms with van der Waals surface area (Å²) >= 11 is 5.90. The molecule has 1 N–H and O–H groups in total. The van der Waals surface area contributed by atoms with E-state index in [0.717, 1.165) is 50.6 Å². The van der Waals surface area contributed by atoms with Gasteiger partial charge < -0.3 is 10.0 Å². The van der Waals surface area contributed by atoms with E-state index in [1.807, 2.05) is 12.1 Å². The number of rotatable bonds is 5. The summed E-state index contributed by atoms with van der Waals surface area (Å²) in [5, 5.41) is 9.56. The molecule has 0 bridgehead atoms. The molecule has 3 nitrogen and oxygen atoms in total. The van der Waals surface area contributed by atoms with E-state index in [-0.39, 0.29) is 0 Å². The van der Waals surface area contributed by atoms with Crippen molar-refractivity contribution in [3.8, 4) is 0 Å². The average molecular weight is 269 g/mol. The lowest BCUT2D eigenvalue weighted by molar-refractivity contribution is 0.232. The van der Waals surface area contributed by atoms with Crippen molar-refractivity contribution in [1.82, 2.24) is 4.90 Å². The van der Waals surface area contributed by atoms with Gasteiger partial charge in [-0.2, -0.15) is 0 Å². The largest absolute Gasteiger partial charge is 0.396 e. The fourth-order valence-corrected chi connectivity index (χ4v) is 2.45. The third-order valence-corrected chi connectivity index (χ3v) is 3.70. The first-order valence-corrected chi connectivity index (χ1v) is 7.01. The molecule has 1 aromatic carbocycles. The number of halogens is 1. The zero-order valence-corrected chi connectivity index (χ0v) is 11.4. The highest BCUT2D eigenvalue weighted by molar-refractivity contribution is 6.30. The minimum atomic E-state index is 0.310. The van der Waals surface area contributed by atoms with Gasteiger partial charge in [0.25, 0.3) is 0 Å². The van der Waals surface area contributed by atoms with Gasteiger partial charge in [-0.25, -0.2) is 0 Å². The van der Waals surface area contributed by atoms with E-state index in [9.17, 15) is 0 Å². The molecule has 0 saturated carbocycles. The molecule has 1 aliphatic heterocycles.